The minimum atomic E-state index is -0.321. The second-order valence-electron chi connectivity index (χ2n) is 8.11. The summed E-state index contributed by atoms with van der Waals surface area (Å²) in [6.45, 7) is -0.0256. The SMILES string of the molecule is COc1ccc([C@@H]2CC(c3ccc(F)cc3)=NN2C(=O)CN(C)C(=O)C2CCC2)cc1. The van der Waals surface area contributed by atoms with Crippen LogP contribution in [0.4, 0.5) is 4.39 Å². The maximum absolute atomic E-state index is 13.4. The van der Waals surface area contributed by atoms with Crippen LogP contribution in [-0.2, 0) is 9.59 Å². The van der Waals surface area contributed by atoms with Crippen LogP contribution in [0.5, 0.6) is 5.75 Å². The maximum atomic E-state index is 13.4. The van der Waals surface area contributed by atoms with E-state index in [9.17, 15) is 14.0 Å². The molecule has 0 N–H and O–H groups in total. The molecule has 1 fully saturated rings. The Labute approximate surface area is 181 Å². The van der Waals surface area contributed by atoms with E-state index >= 15 is 0 Å². The normalized spacial score (nSPS) is 18.4. The molecule has 2 aromatic rings. The van der Waals surface area contributed by atoms with Crippen molar-refractivity contribution in [3.05, 3.63) is 65.5 Å². The number of nitrogens with zero attached hydrogens (tertiary/aromatic N) is 3. The lowest BCUT2D eigenvalue weighted by Gasteiger charge is -2.30. The fourth-order valence-electron chi connectivity index (χ4n) is 3.96. The predicted octanol–water partition coefficient (Wildman–Crippen LogP) is 3.77. The van der Waals surface area contributed by atoms with E-state index in [-0.39, 0.29) is 36.1 Å². The van der Waals surface area contributed by atoms with Crippen molar-refractivity contribution in [2.75, 3.05) is 20.7 Å². The number of carbonyl (C=O) groups excluding carboxylic acids is 2. The van der Waals surface area contributed by atoms with E-state index in [1.165, 1.54) is 22.0 Å². The molecule has 162 valence electrons. The van der Waals surface area contributed by atoms with E-state index in [0.29, 0.717) is 12.1 Å². The lowest BCUT2D eigenvalue weighted by atomic mass is 9.84. The molecule has 7 heteroatoms. The molecule has 0 aromatic heterocycles. The molecule has 2 amide bonds. The molecule has 1 aliphatic carbocycles. The number of methoxy groups -OCH3 is 1. The smallest absolute Gasteiger partial charge is 0.262 e. The van der Waals surface area contributed by atoms with Gasteiger partial charge in [-0.05, 0) is 48.2 Å². The summed E-state index contributed by atoms with van der Waals surface area (Å²) in [6.07, 6.45) is 3.35. The molecule has 31 heavy (non-hydrogen) atoms. The number of hydrogen-bond donors (Lipinski definition) is 0. The molecule has 6 nitrogen and oxygen atoms in total. The molecule has 0 saturated heterocycles. The van der Waals surface area contributed by atoms with Crippen molar-refractivity contribution in [1.29, 1.82) is 0 Å². The lowest BCUT2D eigenvalue weighted by molar-refractivity contribution is -0.144. The highest BCUT2D eigenvalue weighted by atomic mass is 19.1. The Morgan fingerprint density at radius 3 is 2.39 bits per heavy atom. The minimum Gasteiger partial charge on any atom is -0.497 e. The number of halogens is 1. The first-order valence-corrected chi connectivity index (χ1v) is 10.5. The van der Waals surface area contributed by atoms with Crippen LogP contribution in [0.15, 0.2) is 53.6 Å². The fourth-order valence-corrected chi connectivity index (χ4v) is 3.96. The average molecular weight is 423 g/mol. The van der Waals surface area contributed by atoms with Crippen molar-refractivity contribution >= 4 is 17.5 Å². The van der Waals surface area contributed by atoms with Gasteiger partial charge in [0.1, 0.15) is 18.1 Å². The second-order valence-corrected chi connectivity index (χ2v) is 8.11. The molecular formula is C24H26FN3O3. The lowest BCUT2D eigenvalue weighted by Crippen LogP contribution is -2.42. The van der Waals surface area contributed by atoms with Crippen molar-refractivity contribution in [2.45, 2.75) is 31.7 Å². The second kappa shape index (κ2) is 8.88. The molecule has 0 bridgehead atoms. The summed E-state index contributed by atoms with van der Waals surface area (Å²) in [4.78, 5) is 27.2. The van der Waals surface area contributed by atoms with Gasteiger partial charge in [0.05, 0.1) is 18.9 Å². The highest BCUT2D eigenvalue weighted by Crippen LogP contribution is 2.34. The summed E-state index contributed by atoms with van der Waals surface area (Å²) in [6, 6.07) is 13.3. The molecule has 0 unspecified atom stereocenters. The minimum absolute atomic E-state index is 0.0162. The Hall–Kier alpha value is -3.22. The number of ether oxygens (including phenoxy) is 1. The Balaban J connectivity index is 1.57. The summed E-state index contributed by atoms with van der Waals surface area (Å²) in [5, 5.41) is 6.05. The van der Waals surface area contributed by atoms with Gasteiger partial charge in [0.15, 0.2) is 0 Å². The summed E-state index contributed by atoms with van der Waals surface area (Å²) in [5.74, 6) is 0.214. The number of rotatable bonds is 6. The summed E-state index contributed by atoms with van der Waals surface area (Å²) in [7, 11) is 3.27. The molecule has 1 atom stereocenters. The van der Waals surface area contributed by atoms with Gasteiger partial charge in [0.2, 0.25) is 5.91 Å². The molecule has 1 saturated carbocycles. The van der Waals surface area contributed by atoms with E-state index in [2.05, 4.69) is 5.10 Å². The predicted molar refractivity (Wildman–Crippen MR) is 115 cm³/mol. The van der Waals surface area contributed by atoms with Crippen molar-refractivity contribution in [3.8, 4) is 5.75 Å². The van der Waals surface area contributed by atoms with Gasteiger partial charge in [-0.2, -0.15) is 5.10 Å². The highest BCUT2D eigenvalue weighted by Gasteiger charge is 2.35. The molecule has 2 aromatic carbocycles. The molecule has 1 aliphatic heterocycles. The van der Waals surface area contributed by atoms with Crippen molar-refractivity contribution < 1.29 is 18.7 Å². The molecule has 4 rings (SSSR count). The Morgan fingerprint density at radius 2 is 1.81 bits per heavy atom. The van der Waals surface area contributed by atoms with Crippen molar-refractivity contribution in [1.82, 2.24) is 9.91 Å². The molecule has 0 radical (unpaired) electrons. The fraction of sp³-hybridized carbons (Fsp3) is 0.375. The largest absolute Gasteiger partial charge is 0.497 e. The van der Waals surface area contributed by atoms with Gasteiger partial charge in [-0.15, -0.1) is 0 Å². The Kier molecular flexibility index (Phi) is 6.02. The maximum Gasteiger partial charge on any atom is 0.262 e. The van der Waals surface area contributed by atoms with Crippen LogP contribution in [0.3, 0.4) is 0 Å². The third-order valence-corrected chi connectivity index (χ3v) is 6.05. The average Bonchev–Trinajstić information content (AvgIpc) is 3.18. The molecule has 0 spiro atoms. The molecule has 1 heterocycles. The first-order valence-electron chi connectivity index (χ1n) is 10.5. The first kappa shape index (κ1) is 21.0. The van der Waals surface area contributed by atoms with Crippen LogP contribution in [-0.4, -0.2) is 48.1 Å². The standard InChI is InChI=1S/C24H26FN3O3/c1-27(24(30)18-4-3-5-18)15-23(29)28-22(17-8-12-20(31-2)13-9-17)14-21(26-28)16-6-10-19(25)11-7-16/h6-13,18,22H,3-5,14-15H2,1-2H3/t22-/m0/s1. The van der Waals surface area contributed by atoms with Gasteiger partial charge in [-0.3, -0.25) is 9.59 Å². The monoisotopic (exact) mass is 423 g/mol. The van der Waals surface area contributed by atoms with E-state index in [0.717, 1.165) is 36.1 Å². The van der Waals surface area contributed by atoms with Crippen LogP contribution < -0.4 is 4.74 Å². The zero-order chi connectivity index (χ0) is 22.0. The molecule has 2 aliphatic rings. The first-order chi connectivity index (χ1) is 15.0. The van der Waals surface area contributed by atoms with Crippen LogP contribution in [0.25, 0.3) is 0 Å². The highest BCUT2D eigenvalue weighted by molar-refractivity contribution is 6.03. The zero-order valence-electron chi connectivity index (χ0n) is 17.8. The van der Waals surface area contributed by atoms with E-state index < -0.39 is 0 Å². The third-order valence-electron chi connectivity index (χ3n) is 6.05. The van der Waals surface area contributed by atoms with Gasteiger partial charge >= 0.3 is 0 Å². The van der Waals surface area contributed by atoms with Gasteiger partial charge in [-0.1, -0.05) is 30.7 Å². The van der Waals surface area contributed by atoms with Crippen LogP contribution >= 0.6 is 0 Å². The van der Waals surface area contributed by atoms with Gasteiger partial charge in [-0.25, -0.2) is 9.40 Å². The Morgan fingerprint density at radius 1 is 1.13 bits per heavy atom. The zero-order valence-corrected chi connectivity index (χ0v) is 17.8. The van der Waals surface area contributed by atoms with Crippen LogP contribution in [0, 0.1) is 11.7 Å². The van der Waals surface area contributed by atoms with Gasteiger partial charge in [0, 0.05) is 19.4 Å². The topological polar surface area (TPSA) is 62.2 Å². The van der Waals surface area contributed by atoms with Gasteiger partial charge < -0.3 is 9.64 Å². The van der Waals surface area contributed by atoms with E-state index in [1.807, 2.05) is 24.3 Å². The van der Waals surface area contributed by atoms with Gasteiger partial charge in [0.25, 0.3) is 5.91 Å². The van der Waals surface area contributed by atoms with Crippen LogP contribution in [0.2, 0.25) is 0 Å². The quantitative estimate of drug-likeness (QED) is 0.711. The third kappa shape index (κ3) is 4.45. The summed E-state index contributed by atoms with van der Waals surface area (Å²) >= 11 is 0. The number of carbonyl (C=O) groups is 2. The van der Waals surface area contributed by atoms with Crippen molar-refractivity contribution in [3.63, 3.8) is 0 Å². The molecular weight excluding hydrogens is 397 g/mol. The van der Waals surface area contributed by atoms with E-state index in [1.54, 1.807) is 26.3 Å². The number of hydrogen-bond acceptors (Lipinski definition) is 4. The summed E-state index contributed by atoms with van der Waals surface area (Å²) in [5.41, 5.74) is 2.40. The number of amides is 2. The number of benzene rings is 2. The summed E-state index contributed by atoms with van der Waals surface area (Å²) < 4.78 is 18.6. The van der Waals surface area contributed by atoms with Crippen molar-refractivity contribution in [2.24, 2.45) is 11.0 Å². The number of hydrazone groups is 1. The Bertz CT molecular complexity index is 984. The number of likely N-dealkylation sites (N-methyl/N-ethyl adjacent to an activating group) is 1. The van der Waals surface area contributed by atoms with Crippen LogP contribution in [0.1, 0.15) is 42.9 Å². The van der Waals surface area contributed by atoms with E-state index in [4.69, 9.17) is 4.74 Å².